The molecule has 2 heteroatoms. The summed E-state index contributed by atoms with van der Waals surface area (Å²) in [5, 5.41) is 2.29. The number of ketones is 1. The lowest BCUT2D eigenvalue weighted by atomic mass is 9.83. The summed E-state index contributed by atoms with van der Waals surface area (Å²) in [5.41, 5.74) is 3.89. The van der Waals surface area contributed by atoms with Crippen molar-refractivity contribution in [2.45, 2.75) is 57.9 Å². The first kappa shape index (κ1) is 14.5. The standard InChI is InChI=1S/C19H25NO/c1-19(2)13-15-10-6-7-11-16(15)17(20-19)12-18(21)14-8-4-3-5-9-14/h6-7,10-12,14,20H,3-5,8-9,13H2,1-2H3/p+1/b17-12-. The van der Waals surface area contributed by atoms with Crippen molar-refractivity contribution in [3.63, 3.8) is 0 Å². The summed E-state index contributed by atoms with van der Waals surface area (Å²) in [6, 6.07) is 8.52. The average Bonchev–Trinajstić information content (AvgIpc) is 2.47. The fraction of sp³-hybridized carbons (Fsp3) is 0.526. The third-order valence-electron chi connectivity index (χ3n) is 4.83. The van der Waals surface area contributed by atoms with Crippen LogP contribution in [0, 0.1) is 5.92 Å². The number of fused-ring (bicyclic) bond motifs is 1. The Morgan fingerprint density at radius 3 is 2.67 bits per heavy atom. The number of nitrogens with two attached hydrogens (primary N) is 1. The fourth-order valence-corrected chi connectivity index (χ4v) is 3.77. The lowest BCUT2D eigenvalue weighted by Gasteiger charge is -2.31. The minimum absolute atomic E-state index is 0.132. The van der Waals surface area contributed by atoms with Gasteiger partial charge in [0.25, 0.3) is 0 Å². The molecule has 0 saturated heterocycles. The van der Waals surface area contributed by atoms with Gasteiger partial charge < -0.3 is 5.32 Å². The van der Waals surface area contributed by atoms with Crippen LogP contribution >= 0.6 is 0 Å². The summed E-state index contributed by atoms with van der Waals surface area (Å²) in [6.07, 6.45) is 8.86. The lowest BCUT2D eigenvalue weighted by molar-refractivity contribution is -0.641. The average molecular weight is 284 g/mol. The Morgan fingerprint density at radius 1 is 1.19 bits per heavy atom. The summed E-state index contributed by atoms with van der Waals surface area (Å²) in [6.45, 7) is 4.50. The molecular formula is C19H26NO+. The van der Waals surface area contributed by atoms with Crippen molar-refractivity contribution in [3.05, 3.63) is 41.5 Å². The molecule has 2 N–H and O–H groups in total. The topological polar surface area (TPSA) is 33.7 Å². The minimum atomic E-state index is 0.132. The van der Waals surface area contributed by atoms with Crippen molar-refractivity contribution in [2.24, 2.45) is 5.92 Å². The Hall–Kier alpha value is -1.41. The predicted octanol–water partition coefficient (Wildman–Crippen LogP) is 3.08. The first-order chi connectivity index (χ1) is 10.1. The maximum absolute atomic E-state index is 12.6. The lowest BCUT2D eigenvalue weighted by Crippen LogP contribution is -2.94. The zero-order chi connectivity index (χ0) is 14.9. The second-order valence-corrected chi connectivity index (χ2v) is 7.30. The first-order valence-electron chi connectivity index (χ1n) is 8.25. The number of rotatable bonds is 2. The monoisotopic (exact) mass is 284 g/mol. The Bertz CT molecular complexity index is 565. The van der Waals surface area contributed by atoms with Gasteiger partial charge in [0.05, 0.1) is 5.54 Å². The molecule has 2 nitrogen and oxygen atoms in total. The van der Waals surface area contributed by atoms with Gasteiger partial charge in [-0.25, -0.2) is 0 Å². The molecule has 0 atom stereocenters. The quantitative estimate of drug-likeness (QED) is 0.832. The molecule has 1 fully saturated rings. The number of quaternary nitrogens is 1. The van der Waals surface area contributed by atoms with Crippen molar-refractivity contribution in [1.82, 2.24) is 0 Å². The summed E-state index contributed by atoms with van der Waals surface area (Å²) in [4.78, 5) is 12.6. The number of hydrogen-bond acceptors (Lipinski definition) is 1. The van der Waals surface area contributed by atoms with Crippen molar-refractivity contribution in [1.29, 1.82) is 0 Å². The Morgan fingerprint density at radius 2 is 1.90 bits per heavy atom. The van der Waals surface area contributed by atoms with E-state index in [4.69, 9.17) is 0 Å². The van der Waals surface area contributed by atoms with Gasteiger partial charge in [-0.3, -0.25) is 4.79 Å². The summed E-state index contributed by atoms with van der Waals surface area (Å²) < 4.78 is 0. The van der Waals surface area contributed by atoms with Crippen LogP contribution in [0.2, 0.25) is 0 Å². The van der Waals surface area contributed by atoms with E-state index < -0.39 is 0 Å². The van der Waals surface area contributed by atoms with E-state index in [9.17, 15) is 4.79 Å². The predicted molar refractivity (Wildman–Crippen MR) is 85.7 cm³/mol. The Kier molecular flexibility index (Phi) is 3.99. The molecule has 2 aliphatic rings. The molecule has 1 aromatic carbocycles. The maximum Gasteiger partial charge on any atom is 0.164 e. The molecule has 0 spiro atoms. The molecule has 3 rings (SSSR count). The molecule has 1 heterocycles. The minimum Gasteiger partial charge on any atom is -0.309 e. The van der Waals surface area contributed by atoms with E-state index in [1.165, 1.54) is 30.4 Å². The van der Waals surface area contributed by atoms with E-state index in [1.807, 2.05) is 6.08 Å². The fourth-order valence-electron chi connectivity index (χ4n) is 3.77. The molecule has 21 heavy (non-hydrogen) atoms. The molecule has 1 saturated carbocycles. The van der Waals surface area contributed by atoms with Gasteiger partial charge in [0, 0.05) is 24.0 Å². The van der Waals surface area contributed by atoms with E-state index >= 15 is 0 Å². The number of carbonyl (C=O) groups is 1. The van der Waals surface area contributed by atoms with Gasteiger partial charge in [-0.2, -0.15) is 0 Å². The second kappa shape index (κ2) is 5.76. The molecule has 0 bridgehead atoms. The van der Waals surface area contributed by atoms with Gasteiger partial charge in [-0.1, -0.05) is 37.5 Å². The van der Waals surface area contributed by atoms with Gasteiger partial charge in [-0.05, 0) is 38.3 Å². The zero-order valence-corrected chi connectivity index (χ0v) is 13.2. The highest BCUT2D eigenvalue weighted by Gasteiger charge is 2.33. The Balaban J connectivity index is 1.89. The van der Waals surface area contributed by atoms with Gasteiger partial charge in [-0.15, -0.1) is 0 Å². The summed E-state index contributed by atoms with van der Waals surface area (Å²) in [7, 11) is 0. The highest BCUT2D eigenvalue weighted by atomic mass is 16.1. The van der Waals surface area contributed by atoms with Crippen LogP contribution < -0.4 is 5.32 Å². The van der Waals surface area contributed by atoms with Crippen LogP contribution in [0.4, 0.5) is 0 Å². The van der Waals surface area contributed by atoms with Gasteiger partial charge in [0.1, 0.15) is 5.70 Å². The van der Waals surface area contributed by atoms with Crippen LogP contribution in [0.5, 0.6) is 0 Å². The largest absolute Gasteiger partial charge is 0.309 e. The number of allylic oxidation sites excluding steroid dienone is 1. The van der Waals surface area contributed by atoms with Crippen molar-refractivity contribution < 1.29 is 10.1 Å². The zero-order valence-electron chi connectivity index (χ0n) is 13.2. The number of carbonyl (C=O) groups excluding carboxylic acids is 1. The molecule has 0 aromatic heterocycles. The van der Waals surface area contributed by atoms with Gasteiger partial charge in [0.2, 0.25) is 0 Å². The third-order valence-corrected chi connectivity index (χ3v) is 4.83. The summed E-state index contributed by atoms with van der Waals surface area (Å²) >= 11 is 0. The van der Waals surface area contributed by atoms with Crippen LogP contribution in [-0.2, 0) is 11.2 Å². The van der Waals surface area contributed by atoms with E-state index in [0.29, 0.717) is 5.78 Å². The molecule has 0 amide bonds. The van der Waals surface area contributed by atoms with Crippen molar-refractivity contribution in [2.75, 3.05) is 0 Å². The van der Waals surface area contributed by atoms with E-state index in [1.54, 1.807) is 0 Å². The SMILES string of the molecule is CC1(C)Cc2ccccc2/C(=C/C(=O)C2CCCCC2)[NH2+]1. The molecule has 0 radical (unpaired) electrons. The molecule has 1 aliphatic carbocycles. The van der Waals surface area contributed by atoms with Crippen LogP contribution in [-0.4, -0.2) is 11.3 Å². The smallest absolute Gasteiger partial charge is 0.164 e. The number of benzene rings is 1. The molecule has 1 aliphatic heterocycles. The van der Waals surface area contributed by atoms with E-state index in [-0.39, 0.29) is 11.5 Å². The Labute approximate surface area is 127 Å². The van der Waals surface area contributed by atoms with Gasteiger partial charge >= 0.3 is 0 Å². The van der Waals surface area contributed by atoms with Crippen LogP contribution in [0.25, 0.3) is 5.70 Å². The highest BCUT2D eigenvalue weighted by Crippen LogP contribution is 2.27. The van der Waals surface area contributed by atoms with E-state index in [0.717, 1.165) is 25.0 Å². The maximum atomic E-state index is 12.6. The third kappa shape index (κ3) is 3.26. The second-order valence-electron chi connectivity index (χ2n) is 7.30. The van der Waals surface area contributed by atoms with E-state index in [2.05, 4.69) is 43.4 Å². The normalized spacial score (nSPS) is 23.8. The van der Waals surface area contributed by atoms with Crippen LogP contribution in [0.15, 0.2) is 30.3 Å². The highest BCUT2D eigenvalue weighted by molar-refractivity contribution is 5.97. The summed E-state index contributed by atoms with van der Waals surface area (Å²) in [5.74, 6) is 0.602. The number of hydrogen-bond donors (Lipinski definition) is 1. The van der Waals surface area contributed by atoms with Gasteiger partial charge in [0.15, 0.2) is 5.78 Å². The molecular weight excluding hydrogens is 258 g/mol. The molecule has 0 unspecified atom stereocenters. The molecule has 1 aromatic rings. The van der Waals surface area contributed by atoms with Crippen LogP contribution in [0.1, 0.15) is 57.1 Å². The molecule has 112 valence electrons. The first-order valence-corrected chi connectivity index (χ1v) is 8.25. The van der Waals surface area contributed by atoms with Crippen LogP contribution in [0.3, 0.4) is 0 Å². The van der Waals surface area contributed by atoms with Crippen molar-refractivity contribution in [3.8, 4) is 0 Å². The van der Waals surface area contributed by atoms with Crippen molar-refractivity contribution >= 4 is 11.5 Å².